The van der Waals surface area contributed by atoms with Crippen molar-refractivity contribution in [2.75, 3.05) is 26.4 Å². The van der Waals surface area contributed by atoms with Crippen molar-refractivity contribution >= 4 is 16.4 Å². The monoisotopic (exact) mass is 1010 g/mol. The summed E-state index contributed by atoms with van der Waals surface area (Å²) < 4.78 is 59.4. The van der Waals surface area contributed by atoms with Crippen LogP contribution in [-0.2, 0) is 38.3 Å². The van der Waals surface area contributed by atoms with E-state index >= 15 is 0 Å². The number of ether oxygens (including phenoxy) is 4. The number of hydrogen-bond donors (Lipinski definition) is 4. The molecule has 0 radical (unpaired) electrons. The van der Waals surface area contributed by atoms with Crippen LogP contribution >= 0.6 is 0 Å². The second kappa shape index (κ2) is 47.8. The summed E-state index contributed by atoms with van der Waals surface area (Å²) in [4.78, 5) is 12.9. The standard InChI is InChI=1S/C57H102O12S/c1-3-5-7-9-11-13-15-17-19-21-23-25-27-29-31-33-35-37-39-41-43-45-47-65-49-51(50-66-57-55(61)56(69-70(62,63)64)54(60)52(48-58)68-57)67-53(59)46-44-42-40-38-36-34-32-30-28-26-24-22-20-18-16-14-12-10-8-6-4-2/h5,7,11,13,17,19,22-25,51-52,54-58,60-61H,3-4,6,8-10,12,14-16,18,20-21,26-50H2,1-2H3,(H,62,63,64)/b7-5-,13-11-,19-17-,24-22-,25-23-. The van der Waals surface area contributed by atoms with E-state index in [0.717, 1.165) is 70.6 Å². The van der Waals surface area contributed by atoms with Crippen LogP contribution in [0.3, 0.4) is 0 Å². The Bertz CT molecular complexity index is 1450. The molecule has 0 saturated carbocycles. The van der Waals surface area contributed by atoms with Gasteiger partial charge < -0.3 is 34.3 Å². The summed E-state index contributed by atoms with van der Waals surface area (Å²) >= 11 is 0. The molecule has 13 heteroatoms. The molecular weight excluding hydrogens is 909 g/mol. The summed E-state index contributed by atoms with van der Waals surface area (Å²) in [5.74, 6) is -0.403. The Hall–Kier alpha value is -2.20. The lowest BCUT2D eigenvalue weighted by molar-refractivity contribution is -0.301. The highest BCUT2D eigenvalue weighted by molar-refractivity contribution is 7.80. The molecule has 4 N–H and O–H groups in total. The van der Waals surface area contributed by atoms with Gasteiger partial charge in [-0.15, -0.1) is 0 Å². The Kier molecular flexibility index (Phi) is 44.9. The van der Waals surface area contributed by atoms with Crippen LogP contribution in [0.25, 0.3) is 0 Å². The molecule has 6 atom stereocenters. The Morgan fingerprint density at radius 3 is 1.46 bits per heavy atom. The molecule has 1 saturated heterocycles. The molecule has 1 aliphatic heterocycles. The number of aliphatic hydroxyl groups excluding tert-OH is 3. The van der Waals surface area contributed by atoms with Crippen LogP contribution < -0.4 is 0 Å². The van der Waals surface area contributed by atoms with Gasteiger partial charge in [-0.05, 0) is 77.0 Å². The lowest BCUT2D eigenvalue weighted by atomic mass is 9.99. The summed E-state index contributed by atoms with van der Waals surface area (Å²) in [5, 5.41) is 30.8. The molecule has 12 nitrogen and oxygen atoms in total. The highest BCUT2D eigenvalue weighted by atomic mass is 32.3. The minimum absolute atomic E-state index is 0.0298. The third kappa shape index (κ3) is 40.3. The van der Waals surface area contributed by atoms with Gasteiger partial charge in [-0.3, -0.25) is 9.35 Å². The number of esters is 1. The van der Waals surface area contributed by atoms with Crippen LogP contribution in [0.2, 0.25) is 0 Å². The number of carbonyl (C=O) groups excluding carboxylic acids is 1. The number of rotatable bonds is 49. The van der Waals surface area contributed by atoms with Crippen molar-refractivity contribution in [1.29, 1.82) is 0 Å². The lowest BCUT2D eigenvalue weighted by Gasteiger charge is -2.41. The molecule has 0 aliphatic carbocycles. The van der Waals surface area contributed by atoms with E-state index in [4.69, 9.17) is 18.9 Å². The Morgan fingerprint density at radius 2 is 0.986 bits per heavy atom. The largest absolute Gasteiger partial charge is 0.457 e. The molecule has 1 rings (SSSR count). The molecule has 0 bridgehead atoms. The SMILES string of the molecule is CC/C=C\C/C=C\C/C=C\C/C=C\CCCCCCCCCCCOCC(COC1OC(CO)C(O)C(OS(=O)(=O)O)C1O)OC(=O)CCCCCCCCCCC/C=C\CCCCCCCCCC. The summed E-state index contributed by atoms with van der Waals surface area (Å²) in [5.41, 5.74) is 0. The van der Waals surface area contributed by atoms with E-state index in [-0.39, 0.29) is 19.6 Å². The van der Waals surface area contributed by atoms with Gasteiger partial charge in [0.25, 0.3) is 0 Å². The lowest BCUT2D eigenvalue weighted by Crippen LogP contribution is -2.60. The van der Waals surface area contributed by atoms with Gasteiger partial charge in [0, 0.05) is 13.0 Å². The minimum Gasteiger partial charge on any atom is -0.457 e. The topological polar surface area (TPSA) is 178 Å². The van der Waals surface area contributed by atoms with Crippen LogP contribution in [0.15, 0.2) is 60.8 Å². The van der Waals surface area contributed by atoms with Gasteiger partial charge in [-0.25, -0.2) is 4.18 Å². The number of hydrogen-bond acceptors (Lipinski definition) is 11. The Balaban J connectivity index is 2.32. The fraction of sp³-hybridized carbons (Fsp3) is 0.807. The van der Waals surface area contributed by atoms with Crippen molar-refractivity contribution < 1.29 is 56.2 Å². The average Bonchev–Trinajstić information content (AvgIpc) is 3.34. The second-order valence-electron chi connectivity index (χ2n) is 19.1. The van der Waals surface area contributed by atoms with E-state index in [9.17, 15) is 33.1 Å². The average molecular weight is 1010 g/mol. The fourth-order valence-electron chi connectivity index (χ4n) is 8.42. The van der Waals surface area contributed by atoms with Crippen molar-refractivity contribution in [3.63, 3.8) is 0 Å². The predicted molar refractivity (Wildman–Crippen MR) is 285 cm³/mol. The van der Waals surface area contributed by atoms with Crippen molar-refractivity contribution in [1.82, 2.24) is 0 Å². The van der Waals surface area contributed by atoms with E-state index in [2.05, 4.69) is 78.8 Å². The molecule has 0 spiro atoms. The maximum atomic E-state index is 12.9. The van der Waals surface area contributed by atoms with E-state index < -0.39 is 59.8 Å². The first-order valence-electron chi connectivity index (χ1n) is 28.0. The summed E-state index contributed by atoms with van der Waals surface area (Å²) in [6.07, 6.45) is 52.5. The Morgan fingerprint density at radius 1 is 0.557 bits per heavy atom. The maximum Gasteiger partial charge on any atom is 0.397 e. The molecule has 1 fully saturated rings. The zero-order valence-corrected chi connectivity index (χ0v) is 44.9. The molecule has 0 aromatic rings. The molecule has 70 heavy (non-hydrogen) atoms. The van der Waals surface area contributed by atoms with Gasteiger partial charge in [0.1, 0.15) is 30.5 Å². The van der Waals surface area contributed by atoms with Crippen molar-refractivity contribution in [3.8, 4) is 0 Å². The molecule has 0 aromatic heterocycles. The van der Waals surface area contributed by atoms with Gasteiger partial charge in [-0.1, -0.05) is 209 Å². The number of allylic oxidation sites excluding steroid dienone is 10. The van der Waals surface area contributed by atoms with Crippen LogP contribution in [0.4, 0.5) is 0 Å². The van der Waals surface area contributed by atoms with E-state index in [1.54, 1.807) is 0 Å². The zero-order chi connectivity index (χ0) is 51.0. The quantitative estimate of drug-likeness (QED) is 0.0196. The van der Waals surface area contributed by atoms with Gasteiger partial charge in [0.15, 0.2) is 6.29 Å². The number of unbranched alkanes of at least 4 members (excludes halogenated alkanes) is 26. The van der Waals surface area contributed by atoms with Gasteiger partial charge in [-0.2, -0.15) is 8.42 Å². The molecule has 1 heterocycles. The summed E-state index contributed by atoms with van der Waals surface area (Å²) in [6, 6.07) is 0. The third-order valence-corrected chi connectivity index (χ3v) is 13.1. The first kappa shape index (κ1) is 65.8. The molecule has 0 aromatic carbocycles. The van der Waals surface area contributed by atoms with Crippen molar-refractivity contribution in [2.24, 2.45) is 0 Å². The molecular formula is C57H102O12S. The van der Waals surface area contributed by atoms with E-state index in [1.807, 2.05) is 0 Å². The predicted octanol–water partition coefficient (Wildman–Crippen LogP) is 13.6. The van der Waals surface area contributed by atoms with Crippen LogP contribution in [0.1, 0.15) is 232 Å². The van der Waals surface area contributed by atoms with Crippen LogP contribution in [-0.4, -0.2) is 97.5 Å². The first-order valence-corrected chi connectivity index (χ1v) is 29.4. The van der Waals surface area contributed by atoms with Gasteiger partial charge in [0.2, 0.25) is 0 Å². The first-order chi connectivity index (χ1) is 34.1. The van der Waals surface area contributed by atoms with E-state index in [0.29, 0.717) is 13.0 Å². The van der Waals surface area contributed by atoms with Crippen molar-refractivity contribution in [3.05, 3.63) is 60.8 Å². The molecule has 0 amide bonds. The summed E-state index contributed by atoms with van der Waals surface area (Å²) in [6.45, 7) is 3.89. The van der Waals surface area contributed by atoms with Crippen LogP contribution in [0.5, 0.6) is 0 Å². The van der Waals surface area contributed by atoms with Gasteiger partial charge in [0.05, 0.1) is 19.8 Å². The molecule has 1 aliphatic rings. The number of carbonyl (C=O) groups is 1. The smallest absolute Gasteiger partial charge is 0.397 e. The second-order valence-corrected chi connectivity index (χ2v) is 20.2. The maximum absolute atomic E-state index is 12.9. The third-order valence-electron chi connectivity index (χ3n) is 12.6. The summed E-state index contributed by atoms with van der Waals surface area (Å²) in [7, 11) is -5.07. The highest BCUT2D eigenvalue weighted by Crippen LogP contribution is 2.26. The minimum atomic E-state index is -5.07. The molecule has 408 valence electrons. The van der Waals surface area contributed by atoms with E-state index in [1.165, 1.54) is 135 Å². The van der Waals surface area contributed by atoms with Crippen molar-refractivity contribution in [2.45, 2.75) is 269 Å². The highest BCUT2D eigenvalue weighted by Gasteiger charge is 2.48. The fourth-order valence-corrected chi connectivity index (χ4v) is 8.93. The van der Waals surface area contributed by atoms with Gasteiger partial charge >= 0.3 is 16.4 Å². The Labute approximate surface area is 427 Å². The van der Waals surface area contributed by atoms with Crippen LogP contribution in [0, 0.1) is 0 Å². The molecule has 6 unspecified atom stereocenters. The zero-order valence-electron chi connectivity index (χ0n) is 44.1. The number of aliphatic hydroxyl groups is 3. The normalized spacial score (nSPS) is 19.5.